The molecular weight excluding hydrogens is 589 g/mol. The third-order valence-corrected chi connectivity index (χ3v) is 6.84. The van der Waals surface area contributed by atoms with E-state index in [0.717, 1.165) is 0 Å². The first-order valence-electron chi connectivity index (χ1n) is 13.9. The van der Waals surface area contributed by atoms with E-state index in [4.69, 9.17) is 23.7 Å². The third kappa shape index (κ3) is 7.48. The molecule has 1 fully saturated rings. The number of nitrogens with one attached hydrogen (secondary N) is 1. The number of hydrogen-bond acceptors (Lipinski definition) is 10. The first-order chi connectivity index (χ1) is 21.4. The van der Waals surface area contributed by atoms with Crippen LogP contribution in [0.25, 0.3) is 0 Å². The zero-order valence-electron chi connectivity index (χ0n) is 25.7. The molecule has 0 saturated carbocycles. The summed E-state index contributed by atoms with van der Waals surface area (Å²) in [4.78, 5) is 57.4. The number of esters is 1. The van der Waals surface area contributed by atoms with E-state index in [-0.39, 0.29) is 47.0 Å². The van der Waals surface area contributed by atoms with Crippen molar-refractivity contribution in [3.8, 4) is 17.2 Å². The molecular formula is C32H34FN3O9. The molecule has 1 aromatic heterocycles. The van der Waals surface area contributed by atoms with E-state index in [9.17, 15) is 19.2 Å². The summed E-state index contributed by atoms with van der Waals surface area (Å²) in [6.07, 6.45) is 1.41. The molecule has 13 heteroatoms. The second kappa shape index (κ2) is 13.6. The number of rotatable bonds is 9. The number of pyridine rings is 1. The van der Waals surface area contributed by atoms with Gasteiger partial charge in [-0.25, -0.2) is 14.0 Å². The van der Waals surface area contributed by atoms with Crippen LogP contribution in [0.15, 0.2) is 54.9 Å². The highest BCUT2D eigenvalue weighted by atomic mass is 19.1. The summed E-state index contributed by atoms with van der Waals surface area (Å²) in [5, 5.41) is 2.82. The Morgan fingerprint density at radius 1 is 0.867 bits per heavy atom. The molecule has 1 aliphatic rings. The van der Waals surface area contributed by atoms with Gasteiger partial charge in [0.05, 0.1) is 39.5 Å². The molecule has 3 aromatic rings. The number of amides is 2. The molecule has 1 saturated heterocycles. The van der Waals surface area contributed by atoms with Gasteiger partial charge in [0.25, 0.3) is 5.91 Å². The van der Waals surface area contributed by atoms with Gasteiger partial charge in [-0.05, 0) is 45.0 Å². The summed E-state index contributed by atoms with van der Waals surface area (Å²) in [5.74, 6) is -3.14. The van der Waals surface area contributed by atoms with Gasteiger partial charge in [-0.2, -0.15) is 0 Å². The van der Waals surface area contributed by atoms with Crippen LogP contribution in [0, 0.1) is 5.82 Å². The Hall–Kier alpha value is -5.20. The molecule has 2 aromatic carbocycles. The number of benzene rings is 2. The molecule has 2 heterocycles. The lowest BCUT2D eigenvalue weighted by Gasteiger charge is -2.24. The second-order valence-corrected chi connectivity index (χ2v) is 11.1. The molecule has 1 N–H and O–H groups in total. The van der Waals surface area contributed by atoms with Gasteiger partial charge in [0.2, 0.25) is 0 Å². The van der Waals surface area contributed by atoms with Crippen LogP contribution in [0.4, 0.5) is 9.18 Å². The van der Waals surface area contributed by atoms with E-state index >= 15 is 4.39 Å². The van der Waals surface area contributed by atoms with Crippen molar-refractivity contribution in [2.75, 3.05) is 34.4 Å². The van der Waals surface area contributed by atoms with Crippen LogP contribution >= 0.6 is 0 Å². The molecule has 0 radical (unpaired) electrons. The number of carbonyl (C=O) groups is 4. The molecule has 4 rings (SSSR count). The van der Waals surface area contributed by atoms with Gasteiger partial charge < -0.3 is 33.9 Å². The Balaban J connectivity index is 1.53. The Morgan fingerprint density at radius 3 is 2.07 bits per heavy atom. The lowest BCUT2D eigenvalue weighted by Crippen LogP contribution is -2.44. The lowest BCUT2D eigenvalue weighted by atomic mass is 9.99. The summed E-state index contributed by atoms with van der Waals surface area (Å²) in [7, 11) is 3.86. The van der Waals surface area contributed by atoms with Crippen molar-refractivity contribution in [1.82, 2.24) is 15.2 Å². The quantitative estimate of drug-likeness (QED) is 0.274. The molecule has 45 heavy (non-hydrogen) atoms. The fraction of sp³-hybridized carbons (Fsp3) is 0.344. The average molecular weight is 624 g/mol. The van der Waals surface area contributed by atoms with E-state index in [0.29, 0.717) is 5.56 Å². The number of hydrogen-bond donors (Lipinski definition) is 1. The fourth-order valence-corrected chi connectivity index (χ4v) is 4.67. The number of ether oxygens (including phenoxy) is 5. The Kier molecular flexibility index (Phi) is 9.90. The molecule has 2 atom stereocenters. The minimum atomic E-state index is -0.960. The third-order valence-electron chi connectivity index (χ3n) is 6.84. The molecule has 238 valence electrons. The summed E-state index contributed by atoms with van der Waals surface area (Å²) in [5.41, 5.74) is -0.637. The number of likely N-dealkylation sites (tertiary alicyclic amines) is 1. The van der Waals surface area contributed by atoms with E-state index < -0.39 is 47.3 Å². The largest absolute Gasteiger partial charge is 0.496 e. The highest BCUT2D eigenvalue weighted by Gasteiger charge is 2.40. The molecule has 0 bridgehead atoms. The number of ketones is 1. The summed E-state index contributed by atoms with van der Waals surface area (Å²) in [6, 6.07) is 9.05. The predicted octanol–water partition coefficient (Wildman–Crippen LogP) is 4.05. The summed E-state index contributed by atoms with van der Waals surface area (Å²) >= 11 is 0. The molecule has 0 spiro atoms. The minimum absolute atomic E-state index is 0.0309. The van der Waals surface area contributed by atoms with Crippen LogP contribution in [0.3, 0.4) is 0 Å². The minimum Gasteiger partial charge on any atom is -0.496 e. The second-order valence-electron chi connectivity index (χ2n) is 11.1. The normalized spacial score (nSPS) is 16.0. The van der Waals surface area contributed by atoms with Gasteiger partial charge in [0.1, 0.15) is 23.0 Å². The van der Waals surface area contributed by atoms with Crippen LogP contribution in [0.5, 0.6) is 17.2 Å². The average Bonchev–Trinajstić information content (AvgIpc) is 3.41. The van der Waals surface area contributed by atoms with Gasteiger partial charge in [0.15, 0.2) is 23.1 Å². The molecule has 12 nitrogen and oxygen atoms in total. The fourth-order valence-electron chi connectivity index (χ4n) is 4.67. The topological polar surface area (TPSA) is 143 Å². The molecule has 2 unspecified atom stereocenters. The van der Waals surface area contributed by atoms with Crippen molar-refractivity contribution in [3.05, 3.63) is 82.9 Å². The highest BCUT2D eigenvalue weighted by Crippen LogP contribution is 2.39. The SMILES string of the molecule is COc1cc(OC)c(C(=O)c2ccc(C(=O)OC3CN(C(=O)OC(C)(C)C)CC3NC(=O)c3ccncc3)cc2)c(F)c1OC. The lowest BCUT2D eigenvalue weighted by molar-refractivity contribution is 0.0178. The van der Waals surface area contributed by atoms with Gasteiger partial charge in [-0.3, -0.25) is 14.6 Å². The van der Waals surface area contributed by atoms with Crippen molar-refractivity contribution >= 4 is 23.8 Å². The predicted molar refractivity (Wildman–Crippen MR) is 158 cm³/mol. The molecule has 1 aliphatic heterocycles. The van der Waals surface area contributed by atoms with Gasteiger partial charge in [-0.15, -0.1) is 0 Å². The van der Waals surface area contributed by atoms with Gasteiger partial charge in [0, 0.05) is 36.1 Å². The maximum atomic E-state index is 15.3. The Labute approximate surface area is 259 Å². The van der Waals surface area contributed by atoms with E-state index in [1.165, 1.54) is 81.1 Å². The van der Waals surface area contributed by atoms with Crippen LogP contribution in [0.1, 0.15) is 57.4 Å². The number of carbonyl (C=O) groups excluding carboxylic acids is 4. The summed E-state index contributed by atoms with van der Waals surface area (Å²) in [6.45, 7) is 5.19. The van der Waals surface area contributed by atoms with Crippen molar-refractivity contribution in [1.29, 1.82) is 0 Å². The molecule has 0 aliphatic carbocycles. The smallest absolute Gasteiger partial charge is 0.410 e. The van der Waals surface area contributed by atoms with Crippen molar-refractivity contribution < 1.29 is 47.3 Å². The van der Waals surface area contributed by atoms with Crippen molar-refractivity contribution in [3.63, 3.8) is 0 Å². The highest BCUT2D eigenvalue weighted by molar-refractivity contribution is 6.11. The van der Waals surface area contributed by atoms with E-state index in [1.807, 2.05) is 0 Å². The monoisotopic (exact) mass is 623 g/mol. The maximum absolute atomic E-state index is 15.3. The molecule has 2 amide bonds. The maximum Gasteiger partial charge on any atom is 0.410 e. The zero-order valence-corrected chi connectivity index (χ0v) is 25.7. The van der Waals surface area contributed by atoms with Gasteiger partial charge >= 0.3 is 12.1 Å². The van der Waals surface area contributed by atoms with Crippen LogP contribution in [-0.4, -0.2) is 85.8 Å². The summed E-state index contributed by atoms with van der Waals surface area (Å²) < 4.78 is 41.9. The Morgan fingerprint density at radius 2 is 1.49 bits per heavy atom. The first kappa shape index (κ1) is 32.7. The first-order valence-corrected chi connectivity index (χ1v) is 13.9. The van der Waals surface area contributed by atoms with Crippen LogP contribution in [0.2, 0.25) is 0 Å². The van der Waals surface area contributed by atoms with Gasteiger partial charge in [-0.1, -0.05) is 12.1 Å². The van der Waals surface area contributed by atoms with Crippen molar-refractivity contribution in [2.45, 2.75) is 38.5 Å². The Bertz CT molecular complexity index is 1570. The number of methoxy groups -OCH3 is 3. The van der Waals surface area contributed by atoms with Crippen molar-refractivity contribution in [2.24, 2.45) is 0 Å². The standard InChI is InChI=1S/C32H34FN3O9/c1-32(2,3)45-31(40)36-16-21(35-29(38)19-11-13-34-14-12-19)24(17-36)44-30(39)20-9-7-18(8-10-20)27(37)25-22(41-4)15-23(42-5)28(43-6)26(25)33/h7-15,21,24H,16-17H2,1-6H3,(H,35,38). The van der Waals surface area contributed by atoms with E-state index in [1.54, 1.807) is 20.8 Å². The number of halogens is 1. The van der Waals surface area contributed by atoms with Crippen LogP contribution in [-0.2, 0) is 9.47 Å². The zero-order chi connectivity index (χ0) is 32.9. The number of aromatic nitrogens is 1. The van der Waals surface area contributed by atoms with E-state index in [2.05, 4.69) is 10.3 Å². The van der Waals surface area contributed by atoms with Crippen LogP contribution < -0.4 is 19.5 Å². The number of nitrogens with zero attached hydrogens (tertiary/aromatic N) is 2.